The highest BCUT2D eigenvalue weighted by Gasteiger charge is 2.19. The van der Waals surface area contributed by atoms with E-state index in [1.807, 2.05) is 43.5 Å². The van der Waals surface area contributed by atoms with Crippen LogP contribution >= 0.6 is 0 Å². The van der Waals surface area contributed by atoms with Crippen LogP contribution in [0.25, 0.3) is 50.0 Å². The molecule has 0 fully saturated rings. The summed E-state index contributed by atoms with van der Waals surface area (Å²) in [7, 11) is 0. The van der Waals surface area contributed by atoms with Crippen molar-refractivity contribution in [2.75, 3.05) is 0 Å². The molecule has 0 atom stereocenters. The van der Waals surface area contributed by atoms with Crippen molar-refractivity contribution >= 4 is 27.7 Å². The molecule has 1 N–H and O–H groups in total. The smallest absolute Gasteiger partial charge is 0.230 e. The van der Waals surface area contributed by atoms with E-state index in [9.17, 15) is 4.39 Å². The highest BCUT2D eigenvalue weighted by Crippen LogP contribution is 2.37. The number of H-pyrrole nitrogens is 1. The number of hydrogen-bond donors (Lipinski definition) is 1. The van der Waals surface area contributed by atoms with Crippen molar-refractivity contribution in [3.8, 4) is 34.6 Å². The second-order valence-corrected chi connectivity index (χ2v) is 9.31. The fourth-order valence-corrected chi connectivity index (χ4v) is 4.62. The highest BCUT2D eigenvalue weighted by atomic mass is 19.1. The lowest BCUT2D eigenvalue weighted by Crippen LogP contribution is -2.13. The van der Waals surface area contributed by atoms with E-state index in [2.05, 4.69) is 46.4 Å². The van der Waals surface area contributed by atoms with Gasteiger partial charge in [-0.05, 0) is 67.3 Å². The Balaban J connectivity index is 1.66. The van der Waals surface area contributed by atoms with E-state index in [0.29, 0.717) is 5.78 Å². The number of pyridine rings is 1. The Hall–Kier alpha value is -4.50. The molecule has 0 aliphatic carbocycles. The second-order valence-electron chi connectivity index (χ2n) is 9.31. The number of aryl methyl sites for hydroxylation is 1. The minimum atomic E-state index is -0.363. The molecule has 0 bridgehead atoms. The minimum Gasteiger partial charge on any atom is -0.262 e. The molecule has 0 saturated heterocycles. The molecule has 6 aromatic rings. The van der Waals surface area contributed by atoms with Crippen LogP contribution in [0.5, 0.6) is 0 Å². The number of aromatic amines is 1. The first kappa shape index (κ1) is 21.1. The molecule has 0 radical (unpaired) electrons. The molecular formula is C29H22FN5. The van der Waals surface area contributed by atoms with E-state index >= 15 is 0 Å². The van der Waals surface area contributed by atoms with Crippen LogP contribution in [0.1, 0.15) is 25.2 Å². The third-order valence-corrected chi connectivity index (χ3v) is 6.67. The van der Waals surface area contributed by atoms with Gasteiger partial charge in [0.2, 0.25) is 5.78 Å². The van der Waals surface area contributed by atoms with Crippen molar-refractivity contribution in [1.29, 1.82) is 0 Å². The number of halogens is 1. The van der Waals surface area contributed by atoms with E-state index in [1.165, 1.54) is 6.07 Å². The predicted molar refractivity (Wildman–Crippen MR) is 138 cm³/mol. The van der Waals surface area contributed by atoms with Gasteiger partial charge < -0.3 is 0 Å². The Morgan fingerprint density at radius 1 is 0.971 bits per heavy atom. The first-order chi connectivity index (χ1) is 16.9. The summed E-state index contributed by atoms with van der Waals surface area (Å²) in [6, 6.07) is 19.0. The van der Waals surface area contributed by atoms with Gasteiger partial charge in [-0.2, -0.15) is 5.10 Å². The molecule has 6 rings (SSSR count). The molecule has 0 aliphatic rings. The number of terminal acetylenes is 1. The second kappa shape index (κ2) is 7.51. The van der Waals surface area contributed by atoms with Gasteiger partial charge in [-0.15, -0.1) is 6.42 Å². The number of benzene rings is 3. The standard InChI is InChI=1S/C29H22FN5/c1-5-29(3,4)21-11-9-18(10-12-21)23-14-20(19-7-6-8-22(30)13-19)15-24-26(23)31-16-25-27(24)32-28-34-33-17(2)35(25)28/h1,6-16H,2-4H3,(H,32,34). The van der Waals surface area contributed by atoms with Gasteiger partial charge in [-0.25, -0.2) is 14.5 Å². The average molecular weight is 460 g/mol. The molecule has 0 spiro atoms. The van der Waals surface area contributed by atoms with E-state index in [4.69, 9.17) is 16.4 Å². The monoisotopic (exact) mass is 459 g/mol. The fourth-order valence-electron chi connectivity index (χ4n) is 4.62. The molecule has 3 heterocycles. The maximum atomic E-state index is 14.1. The van der Waals surface area contributed by atoms with Gasteiger partial charge in [-0.1, -0.05) is 42.3 Å². The van der Waals surface area contributed by atoms with E-state index in [1.54, 1.807) is 12.1 Å². The summed E-state index contributed by atoms with van der Waals surface area (Å²) < 4.78 is 16.1. The normalized spacial score (nSPS) is 12.0. The third kappa shape index (κ3) is 3.28. The number of imidazole rings is 1. The Morgan fingerprint density at radius 3 is 2.51 bits per heavy atom. The van der Waals surface area contributed by atoms with Crippen LogP contribution in [-0.4, -0.2) is 24.6 Å². The maximum absolute atomic E-state index is 14.1. The summed E-state index contributed by atoms with van der Waals surface area (Å²) in [6.07, 6.45) is 7.57. The van der Waals surface area contributed by atoms with Crippen molar-refractivity contribution in [2.24, 2.45) is 0 Å². The van der Waals surface area contributed by atoms with Gasteiger partial charge in [0.05, 0.1) is 22.6 Å². The van der Waals surface area contributed by atoms with Crippen LogP contribution in [0.2, 0.25) is 0 Å². The molecule has 5 nitrogen and oxygen atoms in total. The van der Waals surface area contributed by atoms with Crippen molar-refractivity contribution < 1.29 is 4.39 Å². The fraction of sp³-hybridized carbons (Fsp3) is 0.138. The molecule has 6 heteroatoms. The number of aromatic nitrogens is 5. The van der Waals surface area contributed by atoms with Gasteiger partial charge in [0.15, 0.2) is 0 Å². The van der Waals surface area contributed by atoms with Crippen molar-refractivity contribution in [2.45, 2.75) is 26.2 Å². The van der Waals surface area contributed by atoms with Crippen LogP contribution in [0.3, 0.4) is 0 Å². The Kier molecular flexibility index (Phi) is 4.52. The van der Waals surface area contributed by atoms with Crippen LogP contribution in [0, 0.1) is 25.1 Å². The molecule has 0 amide bonds. The molecule has 0 saturated carbocycles. The van der Waals surface area contributed by atoms with Crippen LogP contribution in [0.15, 0.2) is 66.9 Å². The lowest BCUT2D eigenvalue weighted by atomic mass is 9.84. The Morgan fingerprint density at radius 2 is 1.77 bits per heavy atom. The highest BCUT2D eigenvalue weighted by molar-refractivity contribution is 6.10. The number of nitrogens with one attached hydrogen (secondary N) is 1. The lowest BCUT2D eigenvalue weighted by molar-refractivity contribution is 0.628. The first-order valence-electron chi connectivity index (χ1n) is 11.4. The predicted octanol–water partition coefficient (Wildman–Crippen LogP) is 6.45. The third-order valence-electron chi connectivity index (χ3n) is 6.67. The Labute approximate surface area is 201 Å². The minimum absolute atomic E-state index is 0.279. The van der Waals surface area contributed by atoms with Gasteiger partial charge in [0.1, 0.15) is 17.2 Å². The first-order valence-corrected chi connectivity index (χ1v) is 11.4. The molecule has 0 aliphatic heterocycles. The summed E-state index contributed by atoms with van der Waals surface area (Å²) in [5, 5.41) is 8.12. The molecule has 170 valence electrons. The van der Waals surface area contributed by atoms with E-state index in [0.717, 1.165) is 55.6 Å². The van der Waals surface area contributed by atoms with Crippen LogP contribution in [0.4, 0.5) is 4.39 Å². The molecule has 0 unspecified atom stereocenters. The van der Waals surface area contributed by atoms with Gasteiger partial charge >= 0.3 is 0 Å². The SMILES string of the molecule is C#CC(C)(C)c1ccc(-c2cc(-c3cccc(F)c3)cc3c2ncc2c3nc3[nH]nc(C)n32)cc1. The topological polar surface area (TPSA) is 58.9 Å². The summed E-state index contributed by atoms with van der Waals surface area (Å²) in [5.41, 5.74) is 6.84. The summed E-state index contributed by atoms with van der Waals surface area (Å²) in [6.45, 7) is 5.97. The van der Waals surface area contributed by atoms with Crippen LogP contribution < -0.4 is 0 Å². The quantitative estimate of drug-likeness (QED) is 0.309. The van der Waals surface area contributed by atoms with E-state index < -0.39 is 0 Å². The van der Waals surface area contributed by atoms with Gasteiger partial charge in [-0.3, -0.25) is 9.38 Å². The number of hydrogen-bond acceptors (Lipinski definition) is 3. The Bertz CT molecular complexity index is 1800. The van der Waals surface area contributed by atoms with Crippen LogP contribution in [-0.2, 0) is 5.41 Å². The zero-order valence-electron chi connectivity index (χ0n) is 19.6. The van der Waals surface area contributed by atoms with Crippen molar-refractivity contribution in [3.05, 3.63) is 84.1 Å². The zero-order valence-corrected chi connectivity index (χ0v) is 19.6. The summed E-state index contributed by atoms with van der Waals surface area (Å²) in [4.78, 5) is 9.68. The molecule has 35 heavy (non-hydrogen) atoms. The molecule has 3 aromatic carbocycles. The summed E-state index contributed by atoms with van der Waals surface area (Å²) >= 11 is 0. The van der Waals surface area contributed by atoms with Gasteiger partial charge in [0.25, 0.3) is 0 Å². The van der Waals surface area contributed by atoms with E-state index in [-0.39, 0.29) is 11.2 Å². The summed E-state index contributed by atoms with van der Waals surface area (Å²) in [5.74, 6) is 4.03. The molecular weight excluding hydrogens is 437 g/mol. The zero-order chi connectivity index (χ0) is 24.3. The maximum Gasteiger partial charge on any atom is 0.230 e. The number of fused-ring (bicyclic) bond motifs is 5. The lowest BCUT2D eigenvalue weighted by Gasteiger charge is -2.18. The molecule has 3 aromatic heterocycles. The number of rotatable bonds is 3. The van der Waals surface area contributed by atoms with Crippen molar-refractivity contribution in [3.63, 3.8) is 0 Å². The average Bonchev–Trinajstić information content (AvgIpc) is 3.43. The number of nitrogens with zero attached hydrogens (tertiary/aromatic N) is 4. The largest absolute Gasteiger partial charge is 0.262 e. The van der Waals surface area contributed by atoms with Gasteiger partial charge in [0, 0.05) is 10.9 Å². The van der Waals surface area contributed by atoms with Crippen molar-refractivity contribution in [1.82, 2.24) is 24.6 Å².